The Bertz CT molecular complexity index is 321. The molecule has 0 aliphatic heterocycles. The van der Waals surface area contributed by atoms with Gasteiger partial charge >= 0.3 is 0 Å². The van der Waals surface area contributed by atoms with E-state index in [0.717, 1.165) is 11.3 Å². The minimum atomic E-state index is 0.0425. The molecule has 3 heteroatoms. The van der Waals surface area contributed by atoms with Crippen molar-refractivity contribution < 1.29 is 4.74 Å². The van der Waals surface area contributed by atoms with Crippen molar-refractivity contribution >= 4 is 5.84 Å². The number of amidine groups is 1. The summed E-state index contributed by atoms with van der Waals surface area (Å²) in [6.07, 6.45) is 0. The van der Waals surface area contributed by atoms with Crippen LogP contribution in [-0.4, -0.2) is 12.4 Å². The van der Waals surface area contributed by atoms with Crippen molar-refractivity contribution in [2.24, 2.45) is 5.73 Å². The van der Waals surface area contributed by atoms with Crippen LogP contribution in [0, 0.1) is 19.3 Å². The average molecular weight is 178 g/mol. The molecule has 0 atom stereocenters. The third kappa shape index (κ3) is 2.47. The van der Waals surface area contributed by atoms with Gasteiger partial charge in [0.25, 0.3) is 0 Å². The maximum absolute atomic E-state index is 7.02. The number of benzene rings is 1. The Balaban J connectivity index is 2.77. The maximum atomic E-state index is 7.02. The summed E-state index contributed by atoms with van der Waals surface area (Å²) in [5.74, 6) is 0.844. The van der Waals surface area contributed by atoms with Crippen LogP contribution in [0.2, 0.25) is 0 Å². The molecule has 0 amide bonds. The van der Waals surface area contributed by atoms with E-state index in [1.165, 1.54) is 5.56 Å². The van der Waals surface area contributed by atoms with Crippen LogP contribution in [0.5, 0.6) is 5.75 Å². The summed E-state index contributed by atoms with van der Waals surface area (Å²) in [4.78, 5) is 0. The van der Waals surface area contributed by atoms with Crippen molar-refractivity contribution in [3.8, 4) is 5.75 Å². The summed E-state index contributed by atoms with van der Waals surface area (Å²) in [5.41, 5.74) is 7.47. The third-order valence-corrected chi connectivity index (χ3v) is 1.94. The number of nitrogens with two attached hydrogens (primary N) is 1. The Hall–Kier alpha value is -1.51. The van der Waals surface area contributed by atoms with Crippen molar-refractivity contribution in [1.29, 1.82) is 5.41 Å². The highest BCUT2D eigenvalue weighted by molar-refractivity contribution is 5.78. The summed E-state index contributed by atoms with van der Waals surface area (Å²) in [6.45, 7) is 4.17. The summed E-state index contributed by atoms with van der Waals surface area (Å²) in [5, 5.41) is 7.02. The molecular formula is C10H14N2O. The fourth-order valence-corrected chi connectivity index (χ4v) is 1.04. The van der Waals surface area contributed by atoms with Gasteiger partial charge in [0.05, 0.1) is 0 Å². The van der Waals surface area contributed by atoms with Gasteiger partial charge in [-0.3, -0.25) is 5.41 Å². The van der Waals surface area contributed by atoms with Gasteiger partial charge in [-0.2, -0.15) is 0 Å². The van der Waals surface area contributed by atoms with E-state index in [-0.39, 0.29) is 12.4 Å². The lowest BCUT2D eigenvalue weighted by molar-refractivity contribution is 0.371. The van der Waals surface area contributed by atoms with Crippen LogP contribution in [0.25, 0.3) is 0 Å². The molecule has 1 rings (SSSR count). The van der Waals surface area contributed by atoms with Gasteiger partial charge in [0.1, 0.15) is 18.2 Å². The van der Waals surface area contributed by atoms with Crippen molar-refractivity contribution in [3.05, 3.63) is 29.3 Å². The second-order valence-electron chi connectivity index (χ2n) is 3.01. The zero-order chi connectivity index (χ0) is 9.84. The molecule has 0 spiro atoms. The Morgan fingerprint density at radius 3 is 2.77 bits per heavy atom. The highest BCUT2D eigenvalue weighted by atomic mass is 16.5. The van der Waals surface area contributed by atoms with E-state index in [1.54, 1.807) is 0 Å². The molecule has 3 nitrogen and oxygen atoms in total. The van der Waals surface area contributed by atoms with Crippen LogP contribution in [0.15, 0.2) is 18.2 Å². The summed E-state index contributed by atoms with van der Waals surface area (Å²) >= 11 is 0. The average Bonchev–Trinajstić information content (AvgIpc) is 2.07. The first-order valence-corrected chi connectivity index (χ1v) is 4.13. The first-order chi connectivity index (χ1) is 6.11. The van der Waals surface area contributed by atoms with Gasteiger partial charge in [-0.25, -0.2) is 0 Å². The molecule has 1 aromatic carbocycles. The SMILES string of the molecule is Cc1cccc(OCC(=N)N)c1C. The van der Waals surface area contributed by atoms with Crippen molar-refractivity contribution in [1.82, 2.24) is 0 Å². The first-order valence-electron chi connectivity index (χ1n) is 4.13. The second-order valence-corrected chi connectivity index (χ2v) is 3.01. The number of rotatable bonds is 3. The molecule has 0 aliphatic carbocycles. The molecule has 0 heterocycles. The lowest BCUT2D eigenvalue weighted by Crippen LogP contribution is -2.19. The van der Waals surface area contributed by atoms with Gasteiger partial charge in [-0.15, -0.1) is 0 Å². The van der Waals surface area contributed by atoms with E-state index in [2.05, 4.69) is 0 Å². The molecule has 0 aromatic heterocycles. The molecule has 0 fully saturated rings. The Morgan fingerprint density at radius 1 is 1.46 bits per heavy atom. The highest BCUT2D eigenvalue weighted by Gasteiger charge is 2.01. The Morgan fingerprint density at radius 2 is 2.15 bits per heavy atom. The van der Waals surface area contributed by atoms with E-state index in [0.29, 0.717) is 0 Å². The minimum absolute atomic E-state index is 0.0425. The van der Waals surface area contributed by atoms with Crippen LogP contribution in [0.1, 0.15) is 11.1 Å². The molecule has 70 valence electrons. The third-order valence-electron chi connectivity index (χ3n) is 1.94. The molecule has 0 unspecified atom stereocenters. The minimum Gasteiger partial charge on any atom is -0.485 e. The zero-order valence-electron chi connectivity index (χ0n) is 7.92. The molecule has 0 radical (unpaired) electrons. The number of hydrogen-bond acceptors (Lipinski definition) is 2. The molecule has 1 aromatic rings. The van der Waals surface area contributed by atoms with Crippen LogP contribution in [-0.2, 0) is 0 Å². The number of nitrogens with one attached hydrogen (secondary N) is 1. The Labute approximate surface area is 78.0 Å². The lowest BCUT2D eigenvalue weighted by Gasteiger charge is -2.09. The van der Waals surface area contributed by atoms with Gasteiger partial charge in [0.15, 0.2) is 0 Å². The monoisotopic (exact) mass is 178 g/mol. The van der Waals surface area contributed by atoms with Crippen LogP contribution >= 0.6 is 0 Å². The van der Waals surface area contributed by atoms with Crippen molar-refractivity contribution in [3.63, 3.8) is 0 Å². The number of aryl methyl sites for hydroxylation is 1. The van der Waals surface area contributed by atoms with Crippen molar-refractivity contribution in [2.75, 3.05) is 6.61 Å². The fraction of sp³-hybridized carbons (Fsp3) is 0.300. The molecule has 0 aliphatic rings. The summed E-state index contributed by atoms with van der Waals surface area (Å²) in [6, 6.07) is 5.83. The largest absolute Gasteiger partial charge is 0.485 e. The Kier molecular flexibility index (Phi) is 2.90. The molecule has 13 heavy (non-hydrogen) atoms. The van der Waals surface area contributed by atoms with E-state index in [9.17, 15) is 0 Å². The first kappa shape index (κ1) is 9.58. The molecule has 0 saturated heterocycles. The van der Waals surface area contributed by atoms with E-state index >= 15 is 0 Å². The van der Waals surface area contributed by atoms with Crippen LogP contribution in [0.4, 0.5) is 0 Å². The number of ether oxygens (including phenoxy) is 1. The van der Waals surface area contributed by atoms with Gasteiger partial charge in [-0.05, 0) is 31.0 Å². The highest BCUT2D eigenvalue weighted by Crippen LogP contribution is 2.20. The quantitative estimate of drug-likeness (QED) is 0.545. The lowest BCUT2D eigenvalue weighted by atomic mass is 10.1. The predicted octanol–water partition coefficient (Wildman–Crippen LogP) is 1.62. The van der Waals surface area contributed by atoms with Gasteiger partial charge in [0, 0.05) is 0 Å². The zero-order valence-corrected chi connectivity index (χ0v) is 7.92. The van der Waals surface area contributed by atoms with E-state index < -0.39 is 0 Å². The summed E-state index contributed by atoms with van der Waals surface area (Å²) < 4.78 is 5.33. The van der Waals surface area contributed by atoms with Gasteiger partial charge < -0.3 is 10.5 Å². The topological polar surface area (TPSA) is 59.1 Å². The fourth-order valence-electron chi connectivity index (χ4n) is 1.04. The smallest absolute Gasteiger partial charge is 0.145 e. The molecule has 0 saturated carbocycles. The predicted molar refractivity (Wildman–Crippen MR) is 53.3 cm³/mol. The molecule has 0 bridgehead atoms. The van der Waals surface area contributed by atoms with Crippen LogP contribution in [0.3, 0.4) is 0 Å². The summed E-state index contributed by atoms with van der Waals surface area (Å²) in [7, 11) is 0. The maximum Gasteiger partial charge on any atom is 0.145 e. The van der Waals surface area contributed by atoms with Crippen molar-refractivity contribution in [2.45, 2.75) is 13.8 Å². The van der Waals surface area contributed by atoms with E-state index in [4.69, 9.17) is 15.9 Å². The molecule has 3 N–H and O–H groups in total. The van der Waals surface area contributed by atoms with E-state index in [1.807, 2.05) is 32.0 Å². The standard InChI is InChI=1S/C10H14N2O/c1-7-4-3-5-9(8(7)2)13-6-10(11)12/h3-5H,6H2,1-2H3,(H3,11,12). The normalized spacial score (nSPS) is 9.69. The number of hydrogen-bond donors (Lipinski definition) is 2. The second kappa shape index (κ2) is 3.94. The van der Waals surface area contributed by atoms with Crippen LogP contribution < -0.4 is 10.5 Å². The van der Waals surface area contributed by atoms with Gasteiger partial charge in [-0.1, -0.05) is 12.1 Å². The molecular weight excluding hydrogens is 164 g/mol. The van der Waals surface area contributed by atoms with Gasteiger partial charge in [0.2, 0.25) is 0 Å².